The van der Waals surface area contributed by atoms with Crippen LogP contribution in [0, 0.1) is 0 Å². The third-order valence-electron chi connectivity index (χ3n) is 4.94. The highest BCUT2D eigenvalue weighted by molar-refractivity contribution is 5.96. The molecule has 1 saturated heterocycles. The molecule has 1 aliphatic rings. The number of benzene rings is 2. The minimum Gasteiger partial charge on any atom is -0.372 e. The molecule has 0 saturated carbocycles. The van der Waals surface area contributed by atoms with Crippen LogP contribution in [0.5, 0.6) is 0 Å². The molecule has 0 atom stereocenters. The predicted octanol–water partition coefficient (Wildman–Crippen LogP) is 3.07. The van der Waals surface area contributed by atoms with Gasteiger partial charge in [-0.25, -0.2) is 0 Å². The molecule has 5 nitrogen and oxygen atoms in total. The number of piperidine rings is 1. The van der Waals surface area contributed by atoms with Crippen molar-refractivity contribution in [3.05, 3.63) is 65.7 Å². The van der Waals surface area contributed by atoms with Gasteiger partial charge in [0.05, 0.1) is 6.54 Å². The summed E-state index contributed by atoms with van der Waals surface area (Å²) in [4.78, 5) is 28.4. The summed E-state index contributed by atoms with van der Waals surface area (Å²) in [7, 11) is 1.76. The summed E-state index contributed by atoms with van der Waals surface area (Å²) < 4.78 is 0. The monoisotopic (exact) mass is 365 g/mol. The van der Waals surface area contributed by atoms with Crippen molar-refractivity contribution in [2.24, 2.45) is 0 Å². The Morgan fingerprint density at radius 3 is 2.30 bits per heavy atom. The van der Waals surface area contributed by atoms with E-state index in [0.717, 1.165) is 18.7 Å². The third kappa shape index (κ3) is 5.33. The lowest BCUT2D eigenvalue weighted by atomic mass is 10.1. The largest absolute Gasteiger partial charge is 0.372 e. The first-order valence-electron chi connectivity index (χ1n) is 9.54. The number of rotatable bonds is 6. The van der Waals surface area contributed by atoms with Crippen LogP contribution in [0.2, 0.25) is 0 Å². The van der Waals surface area contributed by atoms with Gasteiger partial charge in [0.15, 0.2) is 0 Å². The van der Waals surface area contributed by atoms with Gasteiger partial charge in [-0.1, -0.05) is 30.3 Å². The van der Waals surface area contributed by atoms with E-state index in [1.807, 2.05) is 6.07 Å². The first-order chi connectivity index (χ1) is 13.1. The molecule has 1 fully saturated rings. The SMILES string of the molecule is CN(Cc1ccc(N2CCCCC2)cc1)C(=O)CNC(=O)c1ccccc1. The standard InChI is InChI=1S/C22H27N3O2/c1-24(21(26)16-23-22(27)19-8-4-2-5-9-19)17-18-10-12-20(13-11-18)25-14-6-3-7-15-25/h2,4-5,8-13H,3,6-7,14-17H2,1H3,(H,23,27). The van der Waals surface area contributed by atoms with Crippen LogP contribution in [0.15, 0.2) is 54.6 Å². The van der Waals surface area contributed by atoms with Gasteiger partial charge >= 0.3 is 0 Å². The fourth-order valence-electron chi connectivity index (χ4n) is 3.31. The van der Waals surface area contributed by atoms with E-state index < -0.39 is 0 Å². The average Bonchev–Trinajstić information content (AvgIpc) is 2.73. The molecule has 2 amide bonds. The van der Waals surface area contributed by atoms with E-state index in [4.69, 9.17) is 0 Å². The highest BCUT2D eigenvalue weighted by Gasteiger charge is 2.13. The zero-order valence-electron chi connectivity index (χ0n) is 15.9. The Hall–Kier alpha value is -2.82. The van der Waals surface area contributed by atoms with E-state index in [1.165, 1.54) is 24.9 Å². The molecule has 2 aromatic carbocycles. The zero-order chi connectivity index (χ0) is 19.1. The summed E-state index contributed by atoms with van der Waals surface area (Å²) in [5, 5.41) is 2.68. The number of amides is 2. The first kappa shape index (κ1) is 19.0. The number of carbonyl (C=O) groups is 2. The molecule has 1 N–H and O–H groups in total. The molecule has 0 unspecified atom stereocenters. The van der Waals surface area contributed by atoms with E-state index >= 15 is 0 Å². The fourth-order valence-corrected chi connectivity index (χ4v) is 3.31. The number of likely N-dealkylation sites (N-methyl/N-ethyl adjacent to an activating group) is 1. The van der Waals surface area contributed by atoms with Crippen LogP contribution in [-0.4, -0.2) is 43.4 Å². The lowest BCUT2D eigenvalue weighted by molar-refractivity contribution is -0.129. The Kier molecular flexibility index (Phi) is 6.47. The Balaban J connectivity index is 1.48. The lowest BCUT2D eigenvalue weighted by Crippen LogP contribution is -2.37. The molecule has 3 rings (SSSR count). The summed E-state index contributed by atoms with van der Waals surface area (Å²) in [5.41, 5.74) is 2.89. The summed E-state index contributed by atoms with van der Waals surface area (Å²) in [5.74, 6) is -0.345. The molecule has 5 heteroatoms. The van der Waals surface area contributed by atoms with Gasteiger partial charge in [-0.15, -0.1) is 0 Å². The van der Waals surface area contributed by atoms with Gasteiger partial charge in [0.25, 0.3) is 5.91 Å². The van der Waals surface area contributed by atoms with Gasteiger partial charge in [-0.05, 0) is 49.1 Å². The number of hydrogen-bond donors (Lipinski definition) is 1. The van der Waals surface area contributed by atoms with Gasteiger partial charge in [0.1, 0.15) is 0 Å². The molecule has 0 bridgehead atoms. The highest BCUT2D eigenvalue weighted by Crippen LogP contribution is 2.20. The molecule has 1 aliphatic heterocycles. The maximum absolute atomic E-state index is 12.3. The van der Waals surface area contributed by atoms with E-state index in [0.29, 0.717) is 12.1 Å². The Labute approximate surface area is 161 Å². The van der Waals surface area contributed by atoms with Gasteiger partial charge < -0.3 is 15.1 Å². The summed E-state index contributed by atoms with van der Waals surface area (Å²) in [6.07, 6.45) is 3.84. The van der Waals surface area contributed by atoms with E-state index in [9.17, 15) is 9.59 Å². The minimum absolute atomic E-state index is 0.00388. The van der Waals surface area contributed by atoms with Gasteiger partial charge in [0.2, 0.25) is 5.91 Å². The molecule has 142 valence electrons. The third-order valence-corrected chi connectivity index (χ3v) is 4.94. The van der Waals surface area contributed by atoms with Crippen LogP contribution in [0.4, 0.5) is 5.69 Å². The van der Waals surface area contributed by atoms with Crippen LogP contribution in [0.1, 0.15) is 35.2 Å². The molecular weight excluding hydrogens is 338 g/mol. The topological polar surface area (TPSA) is 52.6 Å². The summed E-state index contributed by atoms with van der Waals surface area (Å²) in [6.45, 7) is 2.77. The number of nitrogens with one attached hydrogen (secondary N) is 1. The smallest absolute Gasteiger partial charge is 0.251 e. The van der Waals surface area contributed by atoms with Crippen molar-refractivity contribution in [2.45, 2.75) is 25.8 Å². The van der Waals surface area contributed by atoms with Crippen LogP contribution in [0.3, 0.4) is 0 Å². The molecule has 0 aromatic heterocycles. The second-order valence-electron chi connectivity index (χ2n) is 7.01. The Bertz CT molecular complexity index is 753. The average molecular weight is 365 g/mol. The second-order valence-corrected chi connectivity index (χ2v) is 7.01. The number of carbonyl (C=O) groups excluding carboxylic acids is 2. The van der Waals surface area contributed by atoms with Crippen molar-refractivity contribution in [3.8, 4) is 0 Å². The first-order valence-corrected chi connectivity index (χ1v) is 9.54. The lowest BCUT2D eigenvalue weighted by Gasteiger charge is -2.29. The summed E-state index contributed by atoms with van der Waals surface area (Å²) in [6, 6.07) is 17.3. The number of nitrogens with zero attached hydrogens (tertiary/aromatic N) is 2. The van der Waals surface area contributed by atoms with Crippen molar-refractivity contribution in [1.82, 2.24) is 10.2 Å². The van der Waals surface area contributed by atoms with E-state index in [1.54, 1.807) is 36.2 Å². The van der Waals surface area contributed by atoms with Crippen LogP contribution in [0.25, 0.3) is 0 Å². The molecule has 0 aliphatic carbocycles. The normalized spacial score (nSPS) is 13.9. The number of anilines is 1. The van der Waals surface area contributed by atoms with E-state index in [2.05, 4.69) is 34.5 Å². The van der Waals surface area contributed by atoms with Gasteiger partial charge in [0, 0.05) is 37.9 Å². The Morgan fingerprint density at radius 1 is 0.963 bits per heavy atom. The van der Waals surface area contributed by atoms with Crippen LogP contribution in [-0.2, 0) is 11.3 Å². The van der Waals surface area contributed by atoms with Crippen molar-refractivity contribution in [1.29, 1.82) is 0 Å². The van der Waals surface area contributed by atoms with Crippen molar-refractivity contribution in [3.63, 3.8) is 0 Å². The molecule has 1 heterocycles. The molecule has 0 spiro atoms. The fraction of sp³-hybridized carbons (Fsp3) is 0.364. The molecular formula is C22H27N3O2. The van der Waals surface area contributed by atoms with Crippen molar-refractivity contribution in [2.75, 3.05) is 31.6 Å². The van der Waals surface area contributed by atoms with E-state index in [-0.39, 0.29) is 18.4 Å². The maximum Gasteiger partial charge on any atom is 0.251 e. The second kappa shape index (κ2) is 9.21. The zero-order valence-corrected chi connectivity index (χ0v) is 15.9. The van der Waals surface area contributed by atoms with Crippen LogP contribution >= 0.6 is 0 Å². The highest BCUT2D eigenvalue weighted by atomic mass is 16.2. The molecule has 0 radical (unpaired) electrons. The Morgan fingerprint density at radius 2 is 1.63 bits per heavy atom. The summed E-state index contributed by atoms with van der Waals surface area (Å²) >= 11 is 0. The minimum atomic E-state index is -0.233. The quantitative estimate of drug-likeness (QED) is 0.856. The number of hydrogen-bond acceptors (Lipinski definition) is 3. The van der Waals surface area contributed by atoms with Gasteiger partial charge in [-0.2, -0.15) is 0 Å². The van der Waals surface area contributed by atoms with Crippen LogP contribution < -0.4 is 10.2 Å². The predicted molar refractivity (Wildman–Crippen MR) is 108 cm³/mol. The maximum atomic E-state index is 12.3. The van der Waals surface area contributed by atoms with Crippen molar-refractivity contribution < 1.29 is 9.59 Å². The molecule has 27 heavy (non-hydrogen) atoms. The van der Waals surface area contributed by atoms with Crippen molar-refractivity contribution >= 4 is 17.5 Å². The van der Waals surface area contributed by atoms with Gasteiger partial charge in [-0.3, -0.25) is 9.59 Å². The molecule has 2 aromatic rings.